The Kier molecular flexibility index (Phi) is 8.09. The Morgan fingerprint density at radius 3 is 2.45 bits per heavy atom. The lowest BCUT2D eigenvalue weighted by atomic mass is 10.0. The van der Waals surface area contributed by atoms with Crippen LogP contribution in [0.15, 0.2) is 29.8 Å². The molecule has 0 saturated carbocycles. The lowest BCUT2D eigenvalue weighted by molar-refractivity contribution is -0.139. The Labute approximate surface area is 211 Å². The summed E-state index contributed by atoms with van der Waals surface area (Å²) in [4.78, 5) is 24.9. The van der Waals surface area contributed by atoms with Crippen molar-refractivity contribution in [3.63, 3.8) is 0 Å². The van der Waals surface area contributed by atoms with Gasteiger partial charge in [-0.25, -0.2) is 27.5 Å². The van der Waals surface area contributed by atoms with Gasteiger partial charge in [0.25, 0.3) is 12.0 Å². The maximum Gasteiger partial charge on any atom is 0.352 e. The number of hydrogen-bond donors (Lipinski definition) is 0. The molecule has 0 aliphatic heterocycles. The van der Waals surface area contributed by atoms with Crippen molar-refractivity contribution < 1.29 is 35.8 Å². The molecule has 0 N–H and O–H groups in total. The van der Waals surface area contributed by atoms with Crippen LogP contribution in [0.1, 0.15) is 45.9 Å². The molecule has 3 rings (SSSR count). The Morgan fingerprint density at radius 2 is 1.89 bits per heavy atom. The van der Waals surface area contributed by atoms with Crippen molar-refractivity contribution in [1.82, 2.24) is 19.5 Å². The number of benzene rings is 1. The van der Waals surface area contributed by atoms with Crippen LogP contribution < -0.4 is 15.0 Å². The summed E-state index contributed by atoms with van der Waals surface area (Å²) in [5.74, 6) is -6.65. The molecule has 200 valence electrons. The average Bonchev–Trinajstić information content (AvgIpc) is 2.87. The predicted molar refractivity (Wildman–Crippen MR) is 122 cm³/mol. The Hall–Kier alpha value is -4.41. The number of alkyl halides is 6. The van der Waals surface area contributed by atoms with Crippen molar-refractivity contribution >= 4 is 6.08 Å². The van der Waals surface area contributed by atoms with Gasteiger partial charge in [-0.1, -0.05) is 6.58 Å². The zero-order valence-electron chi connectivity index (χ0n) is 20.1. The van der Waals surface area contributed by atoms with Crippen molar-refractivity contribution in [1.29, 1.82) is 5.26 Å². The first kappa shape index (κ1) is 28.2. The molecular weight excluding hydrogens is 520 g/mol. The first-order valence-electron chi connectivity index (χ1n) is 10.7. The van der Waals surface area contributed by atoms with E-state index in [0.717, 1.165) is 16.7 Å². The summed E-state index contributed by atoms with van der Waals surface area (Å²) in [6.45, 7) is 5.93. The lowest BCUT2D eigenvalue weighted by Crippen LogP contribution is -2.32. The van der Waals surface area contributed by atoms with Crippen LogP contribution in [0.4, 0.5) is 26.3 Å². The fourth-order valence-corrected chi connectivity index (χ4v) is 3.39. The number of nitriles is 1. The minimum Gasteiger partial charge on any atom is -0.481 e. The van der Waals surface area contributed by atoms with Gasteiger partial charge in [0.1, 0.15) is 5.75 Å². The molecule has 3 aromatic rings. The topological polar surface area (TPSA) is 103 Å². The Balaban J connectivity index is 2.25. The molecule has 0 fully saturated rings. The maximum atomic E-state index is 14.4. The molecule has 0 unspecified atom stereocenters. The molecule has 2 aromatic heterocycles. The van der Waals surface area contributed by atoms with Gasteiger partial charge in [-0.05, 0) is 32.1 Å². The van der Waals surface area contributed by atoms with Gasteiger partial charge in [0, 0.05) is 11.1 Å². The molecule has 0 saturated heterocycles. The van der Waals surface area contributed by atoms with Crippen molar-refractivity contribution in [2.45, 2.75) is 39.2 Å². The van der Waals surface area contributed by atoms with Crippen molar-refractivity contribution in [2.75, 3.05) is 7.11 Å². The quantitative estimate of drug-likeness (QED) is 0.340. The number of aromatic nitrogens is 4. The van der Waals surface area contributed by atoms with Crippen LogP contribution in [0.3, 0.4) is 0 Å². The van der Waals surface area contributed by atoms with Crippen LogP contribution in [0, 0.1) is 25.2 Å². The van der Waals surface area contributed by atoms with E-state index in [1.54, 1.807) is 13.0 Å². The van der Waals surface area contributed by atoms with Crippen LogP contribution in [0.2, 0.25) is 0 Å². The molecule has 1 aromatic carbocycles. The standard InChI is InChI=1S/C24H19F6N5O3/c1-5-17-33-12(3)15(21(34-17)37-4)9-35-10-32-19(24(29,30)23(27)28)18(22(35)36)38-16-7-13(20(25)26)6-14(8-31)11(16)2/h5-7,10,20,23H,1,9H2,2-4H3. The van der Waals surface area contributed by atoms with Gasteiger partial charge in [-0.3, -0.25) is 9.36 Å². The highest BCUT2D eigenvalue weighted by atomic mass is 19.3. The average molecular weight is 539 g/mol. The van der Waals surface area contributed by atoms with Crippen molar-refractivity contribution in [3.8, 4) is 23.4 Å². The molecule has 0 amide bonds. The van der Waals surface area contributed by atoms with Gasteiger partial charge in [0.2, 0.25) is 11.6 Å². The van der Waals surface area contributed by atoms with Crippen LogP contribution in [-0.4, -0.2) is 33.1 Å². The largest absolute Gasteiger partial charge is 0.481 e. The molecule has 0 aliphatic carbocycles. The molecule has 0 spiro atoms. The van der Waals surface area contributed by atoms with Crippen molar-refractivity contribution in [2.24, 2.45) is 0 Å². The van der Waals surface area contributed by atoms with E-state index in [0.29, 0.717) is 12.0 Å². The second-order valence-electron chi connectivity index (χ2n) is 7.84. The zero-order valence-corrected chi connectivity index (χ0v) is 20.1. The lowest BCUT2D eigenvalue weighted by Gasteiger charge is -2.20. The number of ether oxygens (including phenoxy) is 2. The Bertz CT molecular complexity index is 1480. The smallest absolute Gasteiger partial charge is 0.352 e. The first-order valence-corrected chi connectivity index (χ1v) is 10.7. The monoisotopic (exact) mass is 539 g/mol. The summed E-state index contributed by atoms with van der Waals surface area (Å²) in [5, 5.41) is 9.27. The molecule has 8 nitrogen and oxygen atoms in total. The summed E-state index contributed by atoms with van der Waals surface area (Å²) in [6.07, 6.45) is -5.43. The molecule has 0 bridgehead atoms. The highest BCUT2D eigenvalue weighted by Crippen LogP contribution is 2.40. The van der Waals surface area contributed by atoms with E-state index in [1.165, 1.54) is 20.1 Å². The number of halogens is 6. The number of rotatable bonds is 9. The molecule has 0 aliphatic rings. The van der Waals surface area contributed by atoms with Crippen molar-refractivity contribution in [3.05, 3.63) is 74.9 Å². The molecule has 0 radical (unpaired) electrons. The summed E-state index contributed by atoms with van der Waals surface area (Å²) in [6, 6.07) is 3.22. The molecule has 2 heterocycles. The minimum atomic E-state index is -4.94. The van der Waals surface area contributed by atoms with E-state index in [2.05, 4.69) is 21.5 Å². The van der Waals surface area contributed by atoms with Crippen LogP contribution in [0.5, 0.6) is 17.4 Å². The summed E-state index contributed by atoms with van der Waals surface area (Å²) >= 11 is 0. The summed E-state index contributed by atoms with van der Waals surface area (Å²) < 4.78 is 93.3. The summed E-state index contributed by atoms with van der Waals surface area (Å²) in [5.41, 5.74) is -3.62. The summed E-state index contributed by atoms with van der Waals surface area (Å²) in [7, 11) is 1.28. The maximum absolute atomic E-state index is 14.4. The number of nitrogens with zero attached hydrogens (tertiary/aromatic N) is 5. The molecular formula is C24H19F6N5O3. The number of methoxy groups -OCH3 is 1. The molecule has 38 heavy (non-hydrogen) atoms. The third-order valence-electron chi connectivity index (χ3n) is 5.45. The van der Waals surface area contributed by atoms with E-state index in [9.17, 15) is 36.4 Å². The van der Waals surface area contributed by atoms with Gasteiger partial charge in [0.05, 0.1) is 42.9 Å². The normalized spacial score (nSPS) is 11.5. The zero-order chi connectivity index (χ0) is 28.4. The fraction of sp³-hybridized carbons (Fsp3) is 0.292. The highest BCUT2D eigenvalue weighted by molar-refractivity contribution is 5.51. The van der Waals surface area contributed by atoms with Gasteiger partial charge >= 0.3 is 12.3 Å². The highest BCUT2D eigenvalue weighted by Gasteiger charge is 2.48. The SMILES string of the molecule is C=Cc1nc(C)c(Cn2cnc(C(F)(F)C(F)F)c(Oc3cc(C(F)F)cc(C#N)c3C)c2=O)c(OC)n1. The third kappa shape index (κ3) is 5.31. The minimum absolute atomic E-state index is 0.0166. The fourth-order valence-electron chi connectivity index (χ4n) is 3.39. The Morgan fingerprint density at radius 1 is 1.21 bits per heavy atom. The molecule has 14 heteroatoms. The van der Waals surface area contributed by atoms with E-state index < -0.39 is 53.6 Å². The number of hydrogen-bond acceptors (Lipinski definition) is 7. The first-order chi connectivity index (χ1) is 17.8. The van der Waals surface area contributed by atoms with Gasteiger partial charge in [-0.15, -0.1) is 0 Å². The third-order valence-corrected chi connectivity index (χ3v) is 5.45. The second kappa shape index (κ2) is 10.9. The van der Waals surface area contributed by atoms with Gasteiger partial charge < -0.3 is 9.47 Å². The van der Waals surface area contributed by atoms with E-state index in [4.69, 9.17) is 9.47 Å². The molecule has 0 atom stereocenters. The van der Waals surface area contributed by atoms with E-state index in [-0.39, 0.29) is 28.4 Å². The van der Waals surface area contributed by atoms with Gasteiger partial charge in [0.15, 0.2) is 11.5 Å². The van der Waals surface area contributed by atoms with Gasteiger partial charge in [-0.2, -0.15) is 19.0 Å². The predicted octanol–water partition coefficient (Wildman–Crippen LogP) is 5.31. The number of aryl methyl sites for hydroxylation is 1. The van der Waals surface area contributed by atoms with Crippen LogP contribution in [0.25, 0.3) is 6.08 Å². The van der Waals surface area contributed by atoms with E-state index >= 15 is 0 Å². The van der Waals surface area contributed by atoms with Crippen LogP contribution >= 0.6 is 0 Å². The van der Waals surface area contributed by atoms with Crippen LogP contribution in [-0.2, 0) is 12.5 Å². The second-order valence-corrected chi connectivity index (χ2v) is 7.84. The van der Waals surface area contributed by atoms with E-state index in [1.807, 2.05) is 0 Å².